The van der Waals surface area contributed by atoms with Crippen LogP contribution in [0.5, 0.6) is 0 Å². The van der Waals surface area contributed by atoms with Gasteiger partial charge in [0.05, 0.1) is 0 Å². The van der Waals surface area contributed by atoms with Gasteiger partial charge in [0.1, 0.15) is 0 Å². The molecule has 1 atom stereocenters. The minimum atomic E-state index is -1.99. The van der Waals surface area contributed by atoms with E-state index >= 15 is 8.78 Å². The fourth-order valence-electron chi connectivity index (χ4n) is 6.69. The Morgan fingerprint density at radius 3 is 2.76 bits per heavy atom. The number of likely N-dealkylation sites (tertiary alicyclic amines) is 1. The quantitative estimate of drug-likeness (QED) is 0.105. The third kappa shape index (κ3) is 4.92. The predicted molar refractivity (Wildman–Crippen MR) is 165 cm³/mol. The summed E-state index contributed by atoms with van der Waals surface area (Å²) in [5.74, 6) is 2.47. The molecule has 1 unspecified atom stereocenters. The first-order valence-electron chi connectivity index (χ1n) is 14.0. The summed E-state index contributed by atoms with van der Waals surface area (Å²) in [6.45, 7) is 5.20. The van der Waals surface area contributed by atoms with E-state index in [4.69, 9.17) is 22.3 Å². The van der Waals surface area contributed by atoms with Crippen molar-refractivity contribution in [1.82, 2.24) is 14.9 Å². The van der Waals surface area contributed by atoms with E-state index in [1.807, 2.05) is 19.1 Å². The van der Waals surface area contributed by atoms with Crippen LogP contribution < -0.4 is 5.73 Å². The number of halogens is 3. The summed E-state index contributed by atoms with van der Waals surface area (Å²) in [5, 5.41) is 1.81. The van der Waals surface area contributed by atoms with Crippen molar-refractivity contribution in [2.75, 3.05) is 19.3 Å². The van der Waals surface area contributed by atoms with Gasteiger partial charge in [-0.25, -0.2) is 0 Å². The molecular formula is C32H30ClF2N5Tl. The van der Waals surface area contributed by atoms with Gasteiger partial charge >= 0.3 is 251 Å². The van der Waals surface area contributed by atoms with Crippen LogP contribution >= 0.6 is 11.6 Å². The zero-order valence-corrected chi connectivity index (χ0v) is 28.7. The molecule has 1 fully saturated rings. The maximum atomic E-state index is 16.8. The van der Waals surface area contributed by atoms with Gasteiger partial charge < -0.3 is 0 Å². The maximum absolute atomic E-state index is 16.8. The SMILES string of the molecule is CCCC1(CCc2nc(Cl)c3c4c(N)c(c(F)c3n2)-c2cc(C)cc3ccc(F)c(c23)C#[C][Tl]/[N]=C/4)CCCN1C. The van der Waals surface area contributed by atoms with E-state index in [2.05, 4.69) is 36.1 Å². The molecule has 0 amide bonds. The minimum absolute atomic E-state index is 0.0886. The number of nitrogen functional groups attached to an aromatic ring is 1. The zero-order chi connectivity index (χ0) is 28.9. The first-order valence-corrected chi connectivity index (χ1v) is 18.6. The molecule has 2 N–H and O–H groups in total. The summed E-state index contributed by atoms with van der Waals surface area (Å²) in [6, 6.07) is 6.89. The number of hydrogen-bond acceptors (Lipinski definition) is 5. The summed E-state index contributed by atoms with van der Waals surface area (Å²) in [7, 11) is 2.18. The summed E-state index contributed by atoms with van der Waals surface area (Å²) >= 11 is 4.80. The molecule has 2 aliphatic heterocycles. The number of aromatic nitrogens is 2. The molecule has 0 spiro atoms. The van der Waals surface area contributed by atoms with Gasteiger partial charge in [0.25, 0.3) is 0 Å². The van der Waals surface area contributed by atoms with Gasteiger partial charge in [-0.05, 0) is 0 Å². The van der Waals surface area contributed by atoms with Crippen molar-refractivity contribution in [3.8, 4) is 20.5 Å². The van der Waals surface area contributed by atoms with Crippen LogP contribution in [0.1, 0.15) is 61.5 Å². The van der Waals surface area contributed by atoms with E-state index in [1.165, 1.54) is 6.07 Å². The number of hydrogen-bond donors (Lipinski definition) is 1. The number of fused-ring (bicyclic) bond motifs is 5. The van der Waals surface area contributed by atoms with Gasteiger partial charge in [-0.15, -0.1) is 0 Å². The van der Waals surface area contributed by atoms with Crippen molar-refractivity contribution in [2.24, 2.45) is 2.80 Å². The van der Waals surface area contributed by atoms with E-state index in [9.17, 15) is 0 Å². The van der Waals surface area contributed by atoms with E-state index in [1.54, 1.807) is 12.3 Å². The first kappa shape index (κ1) is 28.4. The van der Waals surface area contributed by atoms with Gasteiger partial charge in [-0.2, -0.15) is 0 Å². The predicted octanol–water partition coefficient (Wildman–Crippen LogP) is 6.83. The number of anilines is 1. The Balaban J connectivity index is 1.60. The number of nitrogens with zero attached hydrogens (tertiary/aromatic N) is 4. The second kappa shape index (κ2) is 11.2. The molecule has 9 heteroatoms. The van der Waals surface area contributed by atoms with Crippen molar-refractivity contribution in [1.29, 1.82) is 0 Å². The number of rotatable bonds is 5. The summed E-state index contributed by atoms with van der Waals surface area (Å²) in [6.07, 6.45) is 7.56. The molecule has 0 saturated carbocycles. The van der Waals surface area contributed by atoms with Crippen LogP contribution in [0.4, 0.5) is 14.5 Å². The van der Waals surface area contributed by atoms with E-state index < -0.39 is 36.2 Å². The van der Waals surface area contributed by atoms with Gasteiger partial charge in [0.15, 0.2) is 0 Å². The number of nitrogens with two attached hydrogens (primary N) is 1. The molecule has 207 valence electrons. The Labute approximate surface area is 256 Å². The second-order valence-electron chi connectivity index (χ2n) is 11.2. The molecule has 0 aliphatic carbocycles. The third-order valence-corrected chi connectivity index (χ3v) is 11.2. The Morgan fingerprint density at radius 2 is 2.00 bits per heavy atom. The van der Waals surface area contributed by atoms with Gasteiger partial charge in [0.2, 0.25) is 0 Å². The molecule has 4 aromatic rings. The van der Waals surface area contributed by atoms with Crippen LogP contribution in [0.3, 0.4) is 0 Å². The van der Waals surface area contributed by atoms with Crippen LogP contribution in [-0.4, -0.2) is 64.7 Å². The second-order valence-corrected chi connectivity index (χ2v) is 14.8. The monoisotopic (exact) mass is 762 g/mol. The third-order valence-electron chi connectivity index (χ3n) is 8.66. The number of benzene rings is 3. The van der Waals surface area contributed by atoms with Crippen molar-refractivity contribution in [3.63, 3.8) is 0 Å². The normalized spacial score (nSPS) is 18.9. The van der Waals surface area contributed by atoms with Crippen LogP contribution in [0.2, 0.25) is 5.15 Å². The molecule has 1 saturated heterocycles. The molecule has 2 bridgehead atoms. The van der Waals surface area contributed by atoms with Gasteiger partial charge in [0, 0.05) is 0 Å². The summed E-state index contributed by atoms with van der Waals surface area (Å²) in [4.78, 5) is 11.8. The molecule has 41 heavy (non-hydrogen) atoms. The summed E-state index contributed by atoms with van der Waals surface area (Å²) < 4.78 is 39.7. The first-order chi connectivity index (χ1) is 19.7. The fraction of sp³-hybridized carbons (Fsp3) is 0.344. The Morgan fingerprint density at radius 1 is 1.17 bits per heavy atom. The van der Waals surface area contributed by atoms with Crippen molar-refractivity contribution < 1.29 is 8.78 Å². The average molecular weight is 762 g/mol. The standard InChI is InChI=1S/C32H30ClF2N5.Tl/c1-5-11-32(12-7-14-40(32)4)13-10-24-38-30-27(31(33)39-24)22(17-36)29(37)26(28(30)35)21-16-18(3)15-19-8-9-23(34)20(6-2)25(19)21;/h8-9,15-17H,5,7,10-14,37H2,1,3-4H3;/q-1;+1. The molecule has 5 nitrogen and oxygen atoms in total. The molecular weight excluding hydrogens is 732 g/mol. The Hall–Kier alpha value is -2.68. The van der Waals surface area contributed by atoms with Crippen molar-refractivity contribution in [2.45, 2.75) is 57.9 Å². The van der Waals surface area contributed by atoms with E-state index in [0.717, 1.165) is 49.6 Å². The van der Waals surface area contributed by atoms with Crippen LogP contribution in [0.25, 0.3) is 32.8 Å². The van der Waals surface area contributed by atoms with Crippen LogP contribution in [0, 0.1) is 28.0 Å². The van der Waals surface area contributed by atoms with Gasteiger partial charge in [-0.1, -0.05) is 6.92 Å². The molecule has 0 radical (unpaired) electrons. The Kier molecular flexibility index (Phi) is 7.77. The number of aryl methyl sites for hydroxylation is 2. The fourth-order valence-corrected chi connectivity index (χ4v) is 8.95. The van der Waals surface area contributed by atoms with Crippen molar-refractivity contribution in [3.05, 3.63) is 63.6 Å². The molecule has 3 heterocycles. The molecule has 1 aromatic heterocycles. The van der Waals surface area contributed by atoms with Crippen LogP contribution in [-0.2, 0) is 6.42 Å². The van der Waals surface area contributed by atoms with Gasteiger partial charge in [-0.3, -0.25) is 0 Å². The topological polar surface area (TPSA) is 67.4 Å². The van der Waals surface area contributed by atoms with E-state index in [-0.39, 0.29) is 33.0 Å². The van der Waals surface area contributed by atoms with E-state index in [0.29, 0.717) is 34.1 Å². The zero-order valence-electron chi connectivity index (χ0n) is 23.4. The Bertz CT molecular complexity index is 1810. The van der Waals surface area contributed by atoms with Crippen molar-refractivity contribution >= 4 is 69.7 Å². The average Bonchev–Trinajstić information content (AvgIpc) is 3.29. The molecule has 6 rings (SSSR count). The van der Waals surface area contributed by atoms with Crippen LogP contribution in [0.15, 0.2) is 27.1 Å². The summed E-state index contributed by atoms with van der Waals surface area (Å²) in [5.41, 5.74) is 9.37. The molecule has 2 aliphatic rings. The molecule has 3 aromatic carbocycles.